The number of ketones is 1. The van der Waals surface area contributed by atoms with Gasteiger partial charge in [0.25, 0.3) is 0 Å². The molecule has 22 heavy (non-hydrogen) atoms. The molecule has 0 aliphatic carbocycles. The van der Waals surface area contributed by atoms with E-state index in [1.807, 2.05) is 0 Å². The summed E-state index contributed by atoms with van der Waals surface area (Å²) in [6.45, 7) is 1.41. The largest absolute Gasteiger partial charge is 0.495 e. The van der Waals surface area contributed by atoms with Gasteiger partial charge in [0.15, 0.2) is 5.78 Å². The number of carbonyl (C=O) groups is 3. The number of carbonyl (C=O) groups excluding carboxylic acids is 3. The van der Waals surface area contributed by atoms with Crippen LogP contribution in [0.1, 0.15) is 17.3 Å². The Morgan fingerprint density at radius 3 is 2.27 bits per heavy atom. The van der Waals surface area contributed by atoms with Gasteiger partial charge in [0.05, 0.1) is 33.1 Å². The molecular weight excluding hydrogens is 290 g/mol. The van der Waals surface area contributed by atoms with E-state index >= 15 is 0 Å². The second-order valence-electron chi connectivity index (χ2n) is 4.17. The smallest absolute Gasteiger partial charge is 0.354 e. The highest BCUT2D eigenvalue weighted by Crippen LogP contribution is 2.27. The molecule has 1 rings (SSSR count). The molecule has 0 bridgehead atoms. The van der Waals surface area contributed by atoms with Gasteiger partial charge in [-0.25, -0.2) is 9.59 Å². The third kappa shape index (κ3) is 4.34. The van der Waals surface area contributed by atoms with Crippen LogP contribution in [0.5, 0.6) is 5.75 Å². The van der Waals surface area contributed by atoms with E-state index in [1.165, 1.54) is 34.3 Å². The maximum atomic E-state index is 11.7. The van der Waals surface area contributed by atoms with Gasteiger partial charge in [-0.2, -0.15) is 0 Å². The Hall–Kier alpha value is -2.83. The molecule has 0 aromatic heterocycles. The Morgan fingerprint density at radius 2 is 1.77 bits per heavy atom. The number of esters is 2. The number of anilines is 1. The third-order valence-electron chi connectivity index (χ3n) is 2.74. The van der Waals surface area contributed by atoms with E-state index in [1.54, 1.807) is 12.1 Å². The minimum absolute atomic E-state index is 0.145. The minimum atomic E-state index is -0.763. The van der Waals surface area contributed by atoms with Crippen LogP contribution in [-0.4, -0.2) is 39.1 Å². The van der Waals surface area contributed by atoms with Crippen LogP contribution in [0.2, 0.25) is 0 Å². The first-order chi connectivity index (χ1) is 10.4. The summed E-state index contributed by atoms with van der Waals surface area (Å²) >= 11 is 0. The van der Waals surface area contributed by atoms with Crippen LogP contribution in [-0.2, 0) is 19.1 Å². The van der Waals surface area contributed by atoms with Crippen molar-refractivity contribution in [2.45, 2.75) is 6.92 Å². The first-order valence-electron chi connectivity index (χ1n) is 6.26. The second kappa shape index (κ2) is 7.82. The van der Waals surface area contributed by atoms with E-state index in [0.717, 1.165) is 6.08 Å². The highest BCUT2D eigenvalue weighted by Gasteiger charge is 2.16. The molecule has 0 atom stereocenters. The highest BCUT2D eigenvalue weighted by molar-refractivity contribution is 6.00. The summed E-state index contributed by atoms with van der Waals surface area (Å²) in [5.41, 5.74) is 0.620. The van der Waals surface area contributed by atoms with Gasteiger partial charge in [-0.3, -0.25) is 4.79 Å². The number of hydrogen-bond donors (Lipinski definition) is 1. The zero-order chi connectivity index (χ0) is 16.7. The summed E-state index contributed by atoms with van der Waals surface area (Å²) in [5, 5.41) is 2.72. The van der Waals surface area contributed by atoms with Crippen LogP contribution in [0.4, 0.5) is 5.69 Å². The van der Waals surface area contributed by atoms with E-state index in [-0.39, 0.29) is 11.5 Å². The van der Waals surface area contributed by atoms with E-state index in [4.69, 9.17) is 4.74 Å². The monoisotopic (exact) mass is 307 g/mol. The average molecular weight is 307 g/mol. The number of benzene rings is 1. The summed E-state index contributed by atoms with van der Waals surface area (Å²) in [7, 11) is 3.80. The second-order valence-corrected chi connectivity index (χ2v) is 4.17. The maximum absolute atomic E-state index is 11.7. The van der Waals surface area contributed by atoms with Gasteiger partial charge in [-0.15, -0.1) is 0 Å². The first-order valence-corrected chi connectivity index (χ1v) is 6.26. The molecule has 0 radical (unpaired) electrons. The molecule has 0 heterocycles. The Bertz CT molecular complexity index is 620. The van der Waals surface area contributed by atoms with Crippen LogP contribution in [0, 0.1) is 0 Å². The first kappa shape index (κ1) is 17.2. The molecule has 0 aliphatic heterocycles. The molecule has 0 fully saturated rings. The number of ether oxygens (including phenoxy) is 3. The van der Waals surface area contributed by atoms with E-state index < -0.39 is 11.9 Å². The summed E-state index contributed by atoms with van der Waals surface area (Å²) in [6, 6.07) is 4.68. The third-order valence-corrected chi connectivity index (χ3v) is 2.74. The number of Topliss-reactive ketones (excluding diaryl/α,β-unsaturated/α-hetero) is 1. The number of hydrogen-bond acceptors (Lipinski definition) is 7. The SMILES string of the molecule is COC(=O)/C=C(/Nc1cc(C(C)=O)ccc1OC)C(=O)OC. The van der Waals surface area contributed by atoms with Gasteiger partial charge in [0.2, 0.25) is 0 Å². The molecule has 1 aromatic carbocycles. The van der Waals surface area contributed by atoms with Crippen molar-refractivity contribution in [3.8, 4) is 5.75 Å². The standard InChI is InChI=1S/C15H17NO6/c1-9(17)10-5-6-13(20-2)11(7-10)16-12(15(19)22-4)8-14(18)21-3/h5-8,16H,1-4H3/b12-8+. The van der Waals surface area contributed by atoms with Crippen molar-refractivity contribution in [2.75, 3.05) is 26.6 Å². The normalized spacial score (nSPS) is 10.6. The lowest BCUT2D eigenvalue weighted by Crippen LogP contribution is -2.16. The molecule has 7 nitrogen and oxygen atoms in total. The van der Waals surface area contributed by atoms with Crippen molar-refractivity contribution in [1.82, 2.24) is 0 Å². The number of nitrogens with one attached hydrogen (secondary N) is 1. The van der Waals surface area contributed by atoms with Crippen molar-refractivity contribution >= 4 is 23.4 Å². The zero-order valence-corrected chi connectivity index (χ0v) is 12.8. The van der Waals surface area contributed by atoms with Crippen LogP contribution in [0.15, 0.2) is 30.0 Å². The topological polar surface area (TPSA) is 90.9 Å². The fourth-order valence-electron chi connectivity index (χ4n) is 1.60. The highest BCUT2D eigenvalue weighted by atomic mass is 16.5. The van der Waals surface area contributed by atoms with Gasteiger partial charge in [0.1, 0.15) is 11.4 Å². The molecule has 1 N–H and O–H groups in total. The van der Waals surface area contributed by atoms with Gasteiger partial charge < -0.3 is 19.5 Å². The lowest BCUT2D eigenvalue weighted by molar-refractivity contribution is -0.138. The van der Waals surface area contributed by atoms with Crippen LogP contribution < -0.4 is 10.1 Å². The summed E-state index contributed by atoms with van der Waals surface area (Å²) < 4.78 is 14.2. The number of methoxy groups -OCH3 is 3. The van der Waals surface area contributed by atoms with Crippen molar-refractivity contribution in [3.63, 3.8) is 0 Å². The van der Waals surface area contributed by atoms with Gasteiger partial charge in [0, 0.05) is 5.56 Å². The van der Waals surface area contributed by atoms with Gasteiger partial charge in [-0.1, -0.05) is 0 Å². The molecule has 0 aliphatic rings. The predicted octanol–water partition coefficient (Wildman–Crippen LogP) is 1.54. The molecule has 118 valence electrons. The van der Waals surface area contributed by atoms with Crippen molar-refractivity contribution in [1.29, 1.82) is 0 Å². The molecule has 7 heteroatoms. The minimum Gasteiger partial charge on any atom is -0.495 e. The quantitative estimate of drug-likeness (QED) is 0.484. The Labute approximate surface area is 127 Å². The van der Waals surface area contributed by atoms with Crippen molar-refractivity contribution in [3.05, 3.63) is 35.5 Å². The van der Waals surface area contributed by atoms with Crippen LogP contribution in [0.3, 0.4) is 0 Å². The molecule has 0 saturated carbocycles. The van der Waals surface area contributed by atoms with Crippen LogP contribution >= 0.6 is 0 Å². The lowest BCUT2D eigenvalue weighted by atomic mass is 10.1. The fraction of sp³-hybridized carbons (Fsp3) is 0.267. The molecule has 0 saturated heterocycles. The van der Waals surface area contributed by atoms with E-state index in [0.29, 0.717) is 17.0 Å². The Morgan fingerprint density at radius 1 is 1.09 bits per heavy atom. The van der Waals surface area contributed by atoms with E-state index in [9.17, 15) is 14.4 Å². The zero-order valence-electron chi connectivity index (χ0n) is 12.8. The van der Waals surface area contributed by atoms with Crippen molar-refractivity contribution in [2.24, 2.45) is 0 Å². The molecule has 0 spiro atoms. The van der Waals surface area contributed by atoms with E-state index in [2.05, 4.69) is 14.8 Å². The summed E-state index contributed by atoms with van der Waals surface area (Å²) in [6.07, 6.45) is 0.950. The summed E-state index contributed by atoms with van der Waals surface area (Å²) in [5.74, 6) is -1.25. The fourth-order valence-corrected chi connectivity index (χ4v) is 1.60. The van der Waals surface area contributed by atoms with Gasteiger partial charge >= 0.3 is 11.9 Å². The Balaban J connectivity index is 3.24. The molecule has 0 unspecified atom stereocenters. The molecule has 1 aromatic rings. The average Bonchev–Trinajstić information content (AvgIpc) is 2.52. The summed E-state index contributed by atoms with van der Waals surface area (Å²) in [4.78, 5) is 34.5. The Kier molecular flexibility index (Phi) is 6.12. The molecular formula is C15H17NO6. The molecule has 0 amide bonds. The predicted molar refractivity (Wildman–Crippen MR) is 78.7 cm³/mol. The maximum Gasteiger partial charge on any atom is 0.354 e. The number of rotatable bonds is 6. The van der Waals surface area contributed by atoms with Crippen LogP contribution in [0.25, 0.3) is 0 Å². The van der Waals surface area contributed by atoms with Crippen molar-refractivity contribution < 1.29 is 28.6 Å². The van der Waals surface area contributed by atoms with Gasteiger partial charge in [-0.05, 0) is 25.1 Å². The lowest BCUT2D eigenvalue weighted by Gasteiger charge is -2.13.